The van der Waals surface area contributed by atoms with Crippen molar-refractivity contribution < 1.29 is 44.1 Å². The largest absolute Gasteiger partial charge is 0.527 e. The zero-order chi connectivity index (χ0) is 12.2. The van der Waals surface area contributed by atoms with Crippen LogP contribution in [0.15, 0.2) is 0 Å². The van der Waals surface area contributed by atoms with Gasteiger partial charge >= 0.3 is 13.8 Å². The molecule has 0 heterocycles. The Balaban J connectivity index is 4.38. The topological polar surface area (TPSA) is 165 Å². The summed E-state index contributed by atoms with van der Waals surface area (Å²) in [6.07, 6.45) is -6.29. The van der Waals surface area contributed by atoms with Crippen molar-refractivity contribution in [1.29, 1.82) is 0 Å². The number of rotatable bonds is 5. The first kappa shape index (κ1) is 14.5. The molecule has 0 spiro atoms. The maximum Gasteiger partial charge on any atom is 0.527 e. The van der Waals surface area contributed by atoms with E-state index in [-0.39, 0.29) is 0 Å². The monoisotopic (exact) mass is 246 g/mol. The third-order valence-corrected chi connectivity index (χ3v) is 1.77. The third-order valence-electron chi connectivity index (χ3n) is 1.36. The SMILES string of the molecule is O=C(OP(=O)(O)O)[C@@H](O)[C@H](O)[C@H](O)CO. The van der Waals surface area contributed by atoms with Crippen LogP contribution in [0, 0.1) is 0 Å². The van der Waals surface area contributed by atoms with Crippen LogP contribution in [0.4, 0.5) is 0 Å². The van der Waals surface area contributed by atoms with Crippen LogP contribution in [-0.4, -0.2) is 61.1 Å². The van der Waals surface area contributed by atoms with Crippen molar-refractivity contribution in [1.82, 2.24) is 0 Å². The Morgan fingerprint density at radius 2 is 1.73 bits per heavy atom. The number of hydrogen-bond donors (Lipinski definition) is 6. The van der Waals surface area contributed by atoms with E-state index in [1.54, 1.807) is 0 Å². The molecule has 0 unspecified atom stereocenters. The lowest BCUT2D eigenvalue weighted by Gasteiger charge is -2.19. The summed E-state index contributed by atoms with van der Waals surface area (Å²) < 4.78 is 13.6. The molecule has 0 aromatic heterocycles. The zero-order valence-corrected chi connectivity index (χ0v) is 8.19. The maximum atomic E-state index is 10.7. The molecule has 10 heteroatoms. The van der Waals surface area contributed by atoms with E-state index in [1.165, 1.54) is 0 Å². The Morgan fingerprint density at radius 1 is 1.27 bits per heavy atom. The van der Waals surface area contributed by atoms with Gasteiger partial charge in [0.15, 0.2) is 6.10 Å². The molecule has 90 valence electrons. The molecule has 0 radical (unpaired) electrons. The number of phosphoric ester groups is 1. The van der Waals surface area contributed by atoms with Gasteiger partial charge in [0.05, 0.1) is 6.61 Å². The van der Waals surface area contributed by atoms with Gasteiger partial charge < -0.3 is 24.9 Å². The van der Waals surface area contributed by atoms with Crippen molar-refractivity contribution in [2.45, 2.75) is 18.3 Å². The van der Waals surface area contributed by atoms with Crippen molar-refractivity contribution in [3.8, 4) is 0 Å². The second kappa shape index (κ2) is 5.52. The summed E-state index contributed by atoms with van der Waals surface area (Å²) in [6, 6.07) is 0. The average molecular weight is 246 g/mol. The summed E-state index contributed by atoms with van der Waals surface area (Å²) >= 11 is 0. The molecular weight excluding hydrogens is 235 g/mol. The number of hydrogen-bond acceptors (Lipinski definition) is 7. The molecule has 0 aliphatic carbocycles. The fraction of sp³-hybridized carbons (Fsp3) is 0.800. The summed E-state index contributed by atoms with van der Waals surface area (Å²) in [7, 11) is -5.12. The molecule has 0 aliphatic rings. The summed E-state index contributed by atoms with van der Waals surface area (Å²) in [4.78, 5) is 27.1. The standard InChI is InChI=1S/C5H11O9P/c6-1-2(7)3(8)4(9)5(10)14-15(11,12)13/h2-4,6-9H,1H2,(H2,11,12,13)/t2-,3-,4+/m1/s1. The Bertz CT molecular complexity index is 259. The second-order valence-electron chi connectivity index (χ2n) is 2.59. The molecule has 0 bridgehead atoms. The molecule has 0 amide bonds. The van der Waals surface area contributed by atoms with Gasteiger partial charge in [-0.1, -0.05) is 0 Å². The molecular formula is C5H11O9P. The van der Waals surface area contributed by atoms with Crippen molar-refractivity contribution in [3.05, 3.63) is 0 Å². The van der Waals surface area contributed by atoms with Gasteiger partial charge in [-0.3, -0.25) is 9.79 Å². The van der Waals surface area contributed by atoms with Gasteiger partial charge in [-0.2, -0.15) is 0 Å². The second-order valence-corrected chi connectivity index (χ2v) is 3.75. The predicted molar refractivity (Wildman–Crippen MR) is 43.2 cm³/mol. The molecule has 9 nitrogen and oxygen atoms in total. The molecule has 0 aliphatic heterocycles. The fourth-order valence-corrected chi connectivity index (χ4v) is 0.971. The Labute approximate surface area is 83.8 Å². The molecule has 0 saturated heterocycles. The van der Waals surface area contributed by atoms with Gasteiger partial charge in [0.25, 0.3) is 0 Å². The van der Waals surface area contributed by atoms with Gasteiger partial charge in [-0.15, -0.1) is 0 Å². The summed E-state index contributed by atoms with van der Waals surface area (Å²) in [5.41, 5.74) is 0. The van der Waals surface area contributed by atoms with E-state index in [0.717, 1.165) is 0 Å². The smallest absolute Gasteiger partial charge is 0.394 e. The first-order valence-electron chi connectivity index (χ1n) is 3.63. The molecule has 6 N–H and O–H groups in total. The highest BCUT2D eigenvalue weighted by Gasteiger charge is 2.34. The van der Waals surface area contributed by atoms with Crippen molar-refractivity contribution in [2.75, 3.05) is 6.61 Å². The van der Waals surface area contributed by atoms with Gasteiger partial charge in [0, 0.05) is 0 Å². The quantitative estimate of drug-likeness (QED) is 0.272. The number of carbonyl (C=O) groups is 1. The van der Waals surface area contributed by atoms with Crippen molar-refractivity contribution in [3.63, 3.8) is 0 Å². The van der Waals surface area contributed by atoms with E-state index >= 15 is 0 Å². The highest BCUT2D eigenvalue weighted by Crippen LogP contribution is 2.36. The molecule has 0 fully saturated rings. The van der Waals surface area contributed by atoms with Crippen LogP contribution in [0.25, 0.3) is 0 Å². The summed E-state index contributed by atoms with van der Waals surface area (Å²) in [5, 5.41) is 35.0. The minimum atomic E-state index is -5.12. The lowest BCUT2D eigenvalue weighted by Crippen LogP contribution is -2.44. The van der Waals surface area contributed by atoms with E-state index in [2.05, 4.69) is 4.52 Å². The van der Waals surface area contributed by atoms with Gasteiger partial charge in [0.2, 0.25) is 0 Å². The minimum Gasteiger partial charge on any atom is -0.394 e. The predicted octanol–water partition coefficient (Wildman–Crippen LogP) is -3.30. The molecule has 0 aromatic rings. The first-order valence-corrected chi connectivity index (χ1v) is 5.16. The number of aliphatic hydroxyl groups is 4. The van der Waals surface area contributed by atoms with Crippen LogP contribution in [0.2, 0.25) is 0 Å². The van der Waals surface area contributed by atoms with Crippen LogP contribution in [0.5, 0.6) is 0 Å². The summed E-state index contributed by atoms with van der Waals surface area (Å²) in [5.74, 6) is -1.80. The average Bonchev–Trinajstić information content (AvgIpc) is 2.11. The third kappa shape index (κ3) is 5.19. The fourth-order valence-electron chi connectivity index (χ4n) is 0.629. The minimum absolute atomic E-state index is 0.943. The van der Waals surface area contributed by atoms with E-state index in [4.69, 9.17) is 30.2 Å². The van der Waals surface area contributed by atoms with Gasteiger partial charge in [-0.25, -0.2) is 9.36 Å². The van der Waals surface area contributed by atoms with E-state index in [1.807, 2.05) is 0 Å². The van der Waals surface area contributed by atoms with E-state index < -0.39 is 38.7 Å². The Hall–Kier alpha value is -0.540. The Morgan fingerprint density at radius 3 is 2.07 bits per heavy atom. The van der Waals surface area contributed by atoms with Crippen LogP contribution >= 0.6 is 7.82 Å². The Kier molecular flexibility index (Phi) is 5.32. The lowest BCUT2D eigenvalue weighted by molar-refractivity contribution is -0.157. The van der Waals surface area contributed by atoms with Crippen LogP contribution in [-0.2, 0) is 13.9 Å². The highest BCUT2D eigenvalue weighted by atomic mass is 31.2. The molecule has 3 atom stereocenters. The van der Waals surface area contributed by atoms with E-state index in [0.29, 0.717) is 0 Å². The zero-order valence-electron chi connectivity index (χ0n) is 7.29. The number of phosphoric acid groups is 1. The normalized spacial score (nSPS) is 18.0. The summed E-state index contributed by atoms with van der Waals surface area (Å²) in [6.45, 7) is -0.943. The van der Waals surface area contributed by atoms with Crippen molar-refractivity contribution in [2.24, 2.45) is 0 Å². The highest BCUT2D eigenvalue weighted by molar-refractivity contribution is 7.46. The molecule has 0 aromatic carbocycles. The van der Waals surface area contributed by atoms with Crippen LogP contribution < -0.4 is 0 Å². The van der Waals surface area contributed by atoms with Crippen LogP contribution in [0.1, 0.15) is 0 Å². The van der Waals surface area contributed by atoms with Crippen LogP contribution in [0.3, 0.4) is 0 Å². The molecule has 0 saturated carbocycles. The number of aliphatic hydroxyl groups excluding tert-OH is 4. The van der Waals surface area contributed by atoms with Gasteiger partial charge in [0.1, 0.15) is 12.2 Å². The van der Waals surface area contributed by atoms with Crippen molar-refractivity contribution >= 4 is 13.8 Å². The number of carbonyl (C=O) groups excluding carboxylic acids is 1. The maximum absolute atomic E-state index is 10.7. The van der Waals surface area contributed by atoms with Gasteiger partial charge in [-0.05, 0) is 0 Å². The molecule has 0 rings (SSSR count). The molecule has 15 heavy (non-hydrogen) atoms. The lowest BCUT2D eigenvalue weighted by atomic mass is 10.1. The van der Waals surface area contributed by atoms with E-state index in [9.17, 15) is 9.36 Å². The first-order chi connectivity index (χ1) is 6.69.